The SMILES string of the molecule is CN(C)C1(c2ccccc2)CCC2(CC1)CN(CC(=O)O)C(=O)N2.CN(C)C1(c2ccccc2)CCC2(CC1)CN(CC(N)=O)C(=O)N2.O=C(O)C(F)(F)F. The lowest BCUT2D eigenvalue weighted by Crippen LogP contribution is -2.54. The predicted octanol–water partition coefficient (Wildman–Crippen LogP) is 3.77. The highest BCUT2D eigenvalue weighted by Crippen LogP contribution is 2.47. The third-order valence-corrected chi connectivity index (χ3v) is 11.6. The van der Waals surface area contributed by atoms with E-state index < -0.39 is 24.0 Å². The van der Waals surface area contributed by atoms with Crippen molar-refractivity contribution in [2.75, 3.05) is 54.4 Å². The Hall–Kier alpha value is -4.90. The van der Waals surface area contributed by atoms with Crippen LogP contribution in [0.25, 0.3) is 0 Å². The van der Waals surface area contributed by atoms with Crippen molar-refractivity contribution in [2.24, 2.45) is 5.73 Å². The standard InChI is InChI=1S/C18H26N4O2.C18H25N3O3.C2HF3O2/c1-21(2)18(14-6-4-3-5-7-14)10-8-17(9-11-18)13-22(12-15(19)23)16(24)20-17;1-20(2)18(14-6-4-3-5-7-14)10-8-17(9-11-18)13-21(12-15(22)23)16(24)19-17;3-2(4,5)1(6)7/h3-7H,8-13H2,1-2H3,(H2,19,23)(H,20,24);3-7H,8-13H2,1-2H3,(H,19,24)(H,22,23);(H,6,7). The molecule has 2 aromatic carbocycles. The average molecular weight is 776 g/mol. The fourth-order valence-corrected chi connectivity index (χ4v) is 8.51. The summed E-state index contributed by atoms with van der Waals surface area (Å²) in [6, 6.07) is 20.6. The van der Waals surface area contributed by atoms with Gasteiger partial charge in [0.1, 0.15) is 13.1 Å². The molecule has 2 aliphatic heterocycles. The molecule has 302 valence electrons. The molecule has 6 N–H and O–H groups in total. The van der Waals surface area contributed by atoms with Crippen LogP contribution in [-0.4, -0.2) is 131 Å². The highest BCUT2D eigenvalue weighted by Gasteiger charge is 2.51. The highest BCUT2D eigenvalue weighted by molar-refractivity contribution is 5.85. The van der Waals surface area contributed by atoms with Crippen LogP contribution < -0.4 is 16.4 Å². The fourth-order valence-electron chi connectivity index (χ4n) is 8.51. The van der Waals surface area contributed by atoms with Crippen LogP contribution in [0, 0.1) is 0 Å². The van der Waals surface area contributed by atoms with Crippen molar-refractivity contribution in [1.29, 1.82) is 0 Å². The van der Waals surface area contributed by atoms with Crippen molar-refractivity contribution in [3.8, 4) is 0 Å². The number of amides is 5. The van der Waals surface area contributed by atoms with E-state index in [0.29, 0.717) is 13.1 Å². The minimum atomic E-state index is -5.08. The molecule has 6 rings (SSSR count). The number of halogens is 3. The number of hydrogen-bond donors (Lipinski definition) is 5. The molecule has 2 saturated carbocycles. The van der Waals surface area contributed by atoms with Crippen molar-refractivity contribution in [1.82, 2.24) is 30.2 Å². The number of carbonyl (C=O) groups is 5. The van der Waals surface area contributed by atoms with E-state index in [9.17, 15) is 32.3 Å². The second-order valence-electron chi connectivity index (χ2n) is 15.4. The van der Waals surface area contributed by atoms with Crippen LogP contribution in [0.15, 0.2) is 60.7 Å². The molecule has 2 spiro atoms. The van der Waals surface area contributed by atoms with Gasteiger partial charge >= 0.3 is 30.2 Å². The normalized spacial score (nSPS) is 27.6. The van der Waals surface area contributed by atoms with Crippen LogP contribution in [0.3, 0.4) is 0 Å². The minimum Gasteiger partial charge on any atom is -0.480 e. The molecule has 2 saturated heterocycles. The summed E-state index contributed by atoms with van der Waals surface area (Å²) >= 11 is 0. The molecule has 55 heavy (non-hydrogen) atoms. The maximum atomic E-state index is 12.1. The lowest BCUT2D eigenvalue weighted by Gasteiger charge is -2.48. The molecule has 0 atom stereocenters. The summed E-state index contributed by atoms with van der Waals surface area (Å²) in [5, 5.41) is 22.3. The number of carboxylic acid groups (broad SMARTS) is 2. The summed E-state index contributed by atoms with van der Waals surface area (Å²) in [6.07, 6.45) is 2.20. The number of primary amides is 1. The van der Waals surface area contributed by atoms with E-state index in [1.54, 1.807) is 0 Å². The van der Waals surface area contributed by atoms with E-state index in [2.05, 4.69) is 97.2 Å². The third kappa shape index (κ3) is 9.86. The number of benzene rings is 2. The van der Waals surface area contributed by atoms with Gasteiger partial charge in [-0.05, 0) is 90.7 Å². The topological polar surface area (TPSA) is 189 Å². The summed E-state index contributed by atoms with van der Waals surface area (Å²) in [5.74, 6) is -4.19. The number of rotatable bonds is 8. The van der Waals surface area contributed by atoms with Crippen molar-refractivity contribution in [3.63, 3.8) is 0 Å². The smallest absolute Gasteiger partial charge is 0.480 e. The number of nitrogens with one attached hydrogen (secondary N) is 2. The zero-order valence-electron chi connectivity index (χ0n) is 31.7. The molecular weight excluding hydrogens is 723 g/mol. The zero-order valence-corrected chi connectivity index (χ0v) is 31.7. The second-order valence-corrected chi connectivity index (χ2v) is 15.4. The van der Waals surface area contributed by atoms with Crippen LogP contribution in [0.1, 0.15) is 62.5 Å². The summed E-state index contributed by atoms with van der Waals surface area (Å²) < 4.78 is 31.7. The first-order valence-electron chi connectivity index (χ1n) is 18.1. The van der Waals surface area contributed by atoms with E-state index in [0.717, 1.165) is 51.4 Å². The number of aliphatic carboxylic acids is 2. The minimum absolute atomic E-state index is 0.00561. The number of nitrogens with zero attached hydrogens (tertiary/aromatic N) is 4. The van der Waals surface area contributed by atoms with E-state index in [1.807, 2.05) is 12.1 Å². The lowest BCUT2D eigenvalue weighted by molar-refractivity contribution is -0.192. The monoisotopic (exact) mass is 775 g/mol. The molecule has 0 unspecified atom stereocenters. The number of urea groups is 2. The molecule has 0 bridgehead atoms. The quantitative estimate of drug-likeness (QED) is 0.266. The number of nitrogens with two attached hydrogens (primary N) is 1. The fraction of sp³-hybridized carbons (Fsp3) is 0.553. The molecular formula is C38H52F3N7O7. The Labute approximate surface area is 318 Å². The van der Waals surface area contributed by atoms with Gasteiger partial charge in [0.15, 0.2) is 0 Å². The summed E-state index contributed by atoms with van der Waals surface area (Å²) in [7, 11) is 8.46. The lowest BCUT2D eigenvalue weighted by atomic mass is 9.69. The van der Waals surface area contributed by atoms with Gasteiger partial charge in [-0.25, -0.2) is 14.4 Å². The highest BCUT2D eigenvalue weighted by atomic mass is 19.4. The first-order chi connectivity index (χ1) is 25.7. The molecule has 0 radical (unpaired) electrons. The van der Waals surface area contributed by atoms with Gasteiger partial charge in [-0.3, -0.25) is 19.4 Å². The van der Waals surface area contributed by atoms with Crippen LogP contribution in [0.4, 0.5) is 22.8 Å². The van der Waals surface area contributed by atoms with Crippen LogP contribution in [0.2, 0.25) is 0 Å². The van der Waals surface area contributed by atoms with Crippen molar-refractivity contribution in [2.45, 2.75) is 79.7 Å². The predicted molar refractivity (Wildman–Crippen MR) is 197 cm³/mol. The number of hydrogen-bond acceptors (Lipinski definition) is 7. The Balaban J connectivity index is 0.000000209. The third-order valence-electron chi connectivity index (χ3n) is 11.6. The Morgan fingerprint density at radius 2 is 1.00 bits per heavy atom. The second kappa shape index (κ2) is 16.9. The van der Waals surface area contributed by atoms with Gasteiger partial charge in [0, 0.05) is 24.2 Å². The average Bonchev–Trinajstić information content (AvgIpc) is 3.58. The molecule has 14 nitrogen and oxygen atoms in total. The first kappa shape index (κ1) is 42.8. The summed E-state index contributed by atoms with van der Waals surface area (Å²) in [6.45, 7) is 0.805. The zero-order chi connectivity index (χ0) is 40.8. The van der Waals surface area contributed by atoms with Gasteiger partial charge in [-0.15, -0.1) is 0 Å². The largest absolute Gasteiger partial charge is 0.490 e. The molecule has 4 aliphatic rings. The molecule has 5 amide bonds. The van der Waals surface area contributed by atoms with Crippen molar-refractivity contribution in [3.05, 3.63) is 71.8 Å². The van der Waals surface area contributed by atoms with Crippen LogP contribution >= 0.6 is 0 Å². The number of carboxylic acids is 2. The Kier molecular flexibility index (Phi) is 13.1. The Morgan fingerprint density at radius 3 is 1.27 bits per heavy atom. The van der Waals surface area contributed by atoms with Crippen LogP contribution in [-0.2, 0) is 25.5 Å². The van der Waals surface area contributed by atoms with Gasteiger partial charge in [0.05, 0.1) is 11.1 Å². The van der Waals surface area contributed by atoms with Gasteiger partial charge in [-0.1, -0.05) is 60.7 Å². The first-order valence-corrected chi connectivity index (χ1v) is 18.1. The van der Waals surface area contributed by atoms with E-state index in [1.165, 1.54) is 20.9 Å². The number of alkyl halides is 3. The summed E-state index contributed by atoms with van der Waals surface area (Å²) in [4.78, 5) is 62.7. The van der Waals surface area contributed by atoms with E-state index >= 15 is 0 Å². The molecule has 4 fully saturated rings. The Bertz CT molecular complexity index is 1560. The molecule has 2 aliphatic carbocycles. The Morgan fingerprint density at radius 1 is 0.673 bits per heavy atom. The molecule has 17 heteroatoms. The van der Waals surface area contributed by atoms with Crippen LogP contribution in [0.5, 0.6) is 0 Å². The molecule has 0 aromatic heterocycles. The van der Waals surface area contributed by atoms with Gasteiger partial charge in [0.25, 0.3) is 0 Å². The van der Waals surface area contributed by atoms with Gasteiger partial charge in [-0.2, -0.15) is 13.2 Å². The summed E-state index contributed by atoms with van der Waals surface area (Å²) in [5.41, 5.74) is 7.31. The molecule has 2 heterocycles. The van der Waals surface area contributed by atoms with Gasteiger partial charge in [0.2, 0.25) is 5.91 Å². The maximum absolute atomic E-state index is 12.1. The van der Waals surface area contributed by atoms with Gasteiger partial charge < -0.3 is 36.4 Å². The maximum Gasteiger partial charge on any atom is 0.490 e. The van der Waals surface area contributed by atoms with E-state index in [-0.39, 0.29) is 47.3 Å². The van der Waals surface area contributed by atoms with Crippen molar-refractivity contribution >= 4 is 29.9 Å². The van der Waals surface area contributed by atoms with Crippen molar-refractivity contribution < 1.29 is 47.4 Å². The van der Waals surface area contributed by atoms with E-state index in [4.69, 9.17) is 20.7 Å². The number of carbonyl (C=O) groups excluding carboxylic acids is 3. The molecule has 2 aromatic rings.